The van der Waals surface area contributed by atoms with E-state index in [4.69, 9.17) is 9.97 Å². The molecule has 0 fully saturated rings. The monoisotopic (exact) mass is 676 g/mol. The molecule has 53 heavy (non-hydrogen) atoms. The summed E-state index contributed by atoms with van der Waals surface area (Å²) in [5.41, 5.74) is 10.7. The molecule has 4 aromatic heterocycles. The molecule has 10 aromatic rings. The molecular formula is C49H32N4. The van der Waals surface area contributed by atoms with E-state index in [1.54, 1.807) is 0 Å². The standard InChI is InChI=1S/C49H32N4/c1-2-5-17-32(16-4-1)43-30-34(31-44(51-43)42-25-14-15-29-50-42)52-45-26-13-12-22-37(45)40-27-28-41-46-38-23-10-8-20-35(38)36-21-9-11-24-39(36)47(46)53(49(41)48(40)52)33-18-6-3-7-19-33/h1-16,18-31H,17H2. The summed E-state index contributed by atoms with van der Waals surface area (Å²) in [6.07, 6.45) is 13.3. The molecule has 0 unspecified atom stereocenters. The van der Waals surface area contributed by atoms with Crippen molar-refractivity contribution in [2.45, 2.75) is 6.42 Å². The van der Waals surface area contributed by atoms with Gasteiger partial charge in [-0.25, -0.2) is 4.98 Å². The molecule has 0 amide bonds. The summed E-state index contributed by atoms with van der Waals surface area (Å²) >= 11 is 0. The normalized spacial score (nSPS) is 13.2. The minimum Gasteiger partial charge on any atom is -0.307 e. The first-order valence-electron chi connectivity index (χ1n) is 18.2. The van der Waals surface area contributed by atoms with Crippen LogP contribution in [0.5, 0.6) is 0 Å². The van der Waals surface area contributed by atoms with Gasteiger partial charge in [0.2, 0.25) is 0 Å². The summed E-state index contributed by atoms with van der Waals surface area (Å²) in [5.74, 6) is 0. The van der Waals surface area contributed by atoms with E-state index in [9.17, 15) is 0 Å². The highest BCUT2D eigenvalue weighted by atomic mass is 15.0. The van der Waals surface area contributed by atoms with E-state index in [0.29, 0.717) is 0 Å². The average Bonchev–Trinajstić information content (AvgIpc) is 3.61. The molecule has 4 heteroatoms. The number of pyridine rings is 2. The Morgan fingerprint density at radius 3 is 1.92 bits per heavy atom. The lowest BCUT2D eigenvalue weighted by atomic mass is 9.96. The van der Waals surface area contributed by atoms with Crippen LogP contribution in [0.4, 0.5) is 0 Å². The predicted molar refractivity (Wildman–Crippen MR) is 222 cm³/mol. The molecule has 0 N–H and O–H groups in total. The lowest BCUT2D eigenvalue weighted by molar-refractivity contribution is 1.12. The number of rotatable bonds is 4. The summed E-state index contributed by atoms with van der Waals surface area (Å²) < 4.78 is 4.98. The smallest absolute Gasteiger partial charge is 0.0914 e. The molecule has 0 saturated carbocycles. The van der Waals surface area contributed by atoms with E-state index in [2.05, 4.69) is 167 Å². The maximum atomic E-state index is 5.25. The second-order valence-electron chi connectivity index (χ2n) is 13.7. The van der Waals surface area contributed by atoms with Gasteiger partial charge in [-0.3, -0.25) is 4.98 Å². The van der Waals surface area contributed by atoms with Crippen molar-refractivity contribution in [1.29, 1.82) is 0 Å². The molecule has 0 aliphatic heterocycles. The average molecular weight is 677 g/mol. The molecule has 0 saturated heterocycles. The van der Waals surface area contributed by atoms with Crippen molar-refractivity contribution < 1.29 is 0 Å². The number of nitrogens with zero attached hydrogens (tertiary/aromatic N) is 4. The minimum absolute atomic E-state index is 0.797. The van der Waals surface area contributed by atoms with Crippen molar-refractivity contribution in [3.63, 3.8) is 0 Å². The van der Waals surface area contributed by atoms with E-state index < -0.39 is 0 Å². The highest BCUT2D eigenvalue weighted by Crippen LogP contribution is 2.46. The van der Waals surface area contributed by atoms with Gasteiger partial charge in [0.25, 0.3) is 0 Å². The second kappa shape index (κ2) is 11.8. The zero-order valence-corrected chi connectivity index (χ0v) is 28.8. The minimum atomic E-state index is 0.797. The highest BCUT2D eigenvalue weighted by molar-refractivity contribution is 6.35. The zero-order chi connectivity index (χ0) is 34.9. The largest absolute Gasteiger partial charge is 0.307 e. The van der Waals surface area contributed by atoms with Gasteiger partial charge in [-0.1, -0.05) is 134 Å². The van der Waals surface area contributed by atoms with Gasteiger partial charge >= 0.3 is 0 Å². The Hall–Kier alpha value is -7.04. The molecule has 0 atom stereocenters. The van der Waals surface area contributed by atoms with Crippen LogP contribution in [0, 0.1) is 0 Å². The number of hydrogen-bond acceptors (Lipinski definition) is 2. The van der Waals surface area contributed by atoms with E-state index in [-0.39, 0.29) is 0 Å². The molecule has 1 aliphatic rings. The SMILES string of the molecule is C1=CC=C(c2cc(-n3c4ccccc4c4ccc5c6c7ccccc7c7ccccc7c6n(-c6ccccc6)c5c43)cc(-c3ccccn3)n2)CC=C1. The van der Waals surface area contributed by atoms with Crippen LogP contribution >= 0.6 is 0 Å². The third-order valence-electron chi connectivity index (χ3n) is 10.8. The fraction of sp³-hybridized carbons (Fsp3) is 0.0204. The zero-order valence-electron chi connectivity index (χ0n) is 28.8. The van der Waals surface area contributed by atoms with Gasteiger partial charge < -0.3 is 9.13 Å². The first kappa shape index (κ1) is 29.7. The maximum Gasteiger partial charge on any atom is 0.0914 e. The van der Waals surface area contributed by atoms with Crippen LogP contribution in [0.1, 0.15) is 12.1 Å². The van der Waals surface area contributed by atoms with E-state index in [1.165, 1.54) is 54.1 Å². The quantitative estimate of drug-likeness (QED) is 0.174. The third kappa shape index (κ3) is 4.49. The van der Waals surface area contributed by atoms with Crippen LogP contribution in [0.2, 0.25) is 0 Å². The van der Waals surface area contributed by atoms with Gasteiger partial charge in [-0.2, -0.15) is 0 Å². The van der Waals surface area contributed by atoms with Gasteiger partial charge in [0.15, 0.2) is 0 Å². The van der Waals surface area contributed by atoms with Gasteiger partial charge in [0, 0.05) is 38.8 Å². The van der Waals surface area contributed by atoms with Crippen LogP contribution in [-0.4, -0.2) is 19.1 Å². The van der Waals surface area contributed by atoms with Crippen molar-refractivity contribution in [1.82, 2.24) is 19.1 Å². The molecule has 1 aliphatic carbocycles. The van der Waals surface area contributed by atoms with Crippen LogP contribution in [-0.2, 0) is 0 Å². The second-order valence-corrected chi connectivity index (χ2v) is 13.7. The first-order chi connectivity index (χ1) is 26.3. The Morgan fingerprint density at radius 1 is 0.434 bits per heavy atom. The molecule has 11 rings (SSSR count). The number of hydrogen-bond donors (Lipinski definition) is 0. The molecule has 248 valence electrons. The number of aromatic nitrogens is 4. The molecule has 6 aromatic carbocycles. The lowest BCUT2D eigenvalue weighted by Crippen LogP contribution is -2.02. The van der Waals surface area contributed by atoms with Crippen molar-refractivity contribution in [3.05, 3.63) is 188 Å². The highest BCUT2D eigenvalue weighted by Gasteiger charge is 2.25. The maximum absolute atomic E-state index is 5.25. The fourth-order valence-corrected chi connectivity index (χ4v) is 8.53. The van der Waals surface area contributed by atoms with Crippen LogP contribution < -0.4 is 0 Å². The topological polar surface area (TPSA) is 35.6 Å². The number of fused-ring (bicyclic) bond motifs is 12. The Balaban J connectivity index is 1.37. The van der Waals surface area contributed by atoms with Gasteiger partial charge in [0.05, 0.1) is 44.8 Å². The molecule has 0 radical (unpaired) electrons. The Morgan fingerprint density at radius 2 is 1.09 bits per heavy atom. The van der Waals surface area contributed by atoms with Crippen LogP contribution in [0.15, 0.2) is 182 Å². The van der Waals surface area contributed by atoms with Crippen LogP contribution in [0.3, 0.4) is 0 Å². The number of allylic oxidation sites excluding steroid dienone is 6. The van der Waals surface area contributed by atoms with E-state index in [1.807, 2.05) is 24.4 Å². The van der Waals surface area contributed by atoms with E-state index >= 15 is 0 Å². The van der Waals surface area contributed by atoms with Gasteiger partial charge in [-0.15, -0.1) is 0 Å². The molecular weight excluding hydrogens is 645 g/mol. The summed E-state index contributed by atoms with van der Waals surface area (Å²) in [4.78, 5) is 10.0. The van der Waals surface area contributed by atoms with Crippen molar-refractivity contribution in [2.24, 2.45) is 0 Å². The van der Waals surface area contributed by atoms with Crippen molar-refractivity contribution in [3.8, 4) is 22.8 Å². The molecule has 0 bridgehead atoms. The molecule has 4 heterocycles. The summed E-state index contributed by atoms with van der Waals surface area (Å²) in [6, 6.07) is 52.6. The predicted octanol–water partition coefficient (Wildman–Crippen LogP) is 12.5. The Bertz CT molecular complexity index is 3180. The number of para-hydroxylation sites is 2. The summed E-state index contributed by atoms with van der Waals surface area (Å²) in [5, 5.41) is 9.93. The molecule has 4 nitrogen and oxygen atoms in total. The Kier molecular flexibility index (Phi) is 6.58. The fourth-order valence-electron chi connectivity index (χ4n) is 8.53. The summed E-state index contributed by atoms with van der Waals surface area (Å²) in [6.45, 7) is 0. The van der Waals surface area contributed by atoms with Gasteiger partial charge in [-0.05, 0) is 70.6 Å². The first-order valence-corrected chi connectivity index (χ1v) is 18.2. The lowest BCUT2D eigenvalue weighted by Gasteiger charge is -2.15. The summed E-state index contributed by atoms with van der Waals surface area (Å²) in [7, 11) is 0. The van der Waals surface area contributed by atoms with E-state index in [0.717, 1.165) is 51.5 Å². The molecule has 0 spiro atoms. The third-order valence-corrected chi connectivity index (χ3v) is 10.8. The van der Waals surface area contributed by atoms with Crippen LogP contribution in [0.25, 0.3) is 93.5 Å². The van der Waals surface area contributed by atoms with Crippen molar-refractivity contribution in [2.75, 3.05) is 0 Å². The number of benzene rings is 6. The Labute approximate surface area is 305 Å². The van der Waals surface area contributed by atoms with Gasteiger partial charge in [0.1, 0.15) is 0 Å². The van der Waals surface area contributed by atoms with Crippen molar-refractivity contribution >= 4 is 70.7 Å².